The summed E-state index contributed by atoms with van der Waals surface area (Å²) in [5.41, 5.74) is 0.672. The summed E-state index contributed by atoms with van der Waals surface area (Å²) < 4.78 is 13.7. The Kier molecular flexibility index (Phi) is 4.57. The van der Waals surface area contributed by atoms with Crippen LogP contribution in [-0.2, 0) is 6.54 Å². The second kappa shape index (κ2) is 6.38. The number of benzene rings is 1. The number of nitriles is 1. The fourth-order valence-electron chi connectivity index (χ4n) is 2.25. The molecule has 0 aliphatic carbocycles. The highest BCUT2D eigenvalue weighted by atomic mass is 19.1. The molecule has 1 heterocycles. The first-order valence-electron chi connectivity index (χ1n) is 6.81. The summed E-state index contributed by atoms with van der Waals surface area (Å²) in [6, 6.07) is 6.00. The van der Waals surface area contributed by atoms with Gasteiger partial charge in [0.1, 0.15) is 5.82 Å². The molecule has 0 spiro atoms. The van der Waals surface area contributed by atoms with Gasteiger partial charge in [0.25, 0.3) is 0 Å². The topological polar surface area (TPSA) is 56.1 Å². The predicted molar refractivity (Wildman–Crippen MR) is 73.3 cm³/mol. The molecule has 1 fully saturated rings. The molecule has 1 N–H and O–H groups in total. The summed E-state index contributed by atoms with van der Waals surface area (Å²) in [6.07, 6.45) is 2.03. The Hall–Kier alpha value is -2.09. The van der Waals surface area contributed by atoms with E-state index in [4.69, 9.17) is 5.26 Å². The van der Waals surface area contributed by atoms with E-state index in [-0.39, 0.29) is 18.1 Å². The van der Waals surface area contributed by atoms with Gasteiger partial charge in [-0.1, -0.05) is 13.0 Å². The number of carbonyl (C=O) groups is 1. The van der Waals surface area contributed by atoms with Crippen molar-refractivity contribution >= 4 is 6.03 Å². The number of likely N-dealkylation sites (tertiary alicyclic amines) is 1. The zero-order valence-electron chi connectivity index (χ0n) is 11.5. The number of rotatable bonds is 2. The summed E-state index contributed by atoms with van der Waals surface area (Å²) in [7, 11) is 0. The summed E-state index contributed by atoms with van der Waals surface area (Å²) in [5.74, 6) is 0.201. The third kappa shape index (κ3) is 3.47. The van der Waals surface area contributed by atoms with Crippen LogP contribution < -0.4 is 5.32 Å². The molecule has 106 valence electrons. The van der Waals surface area contributed by atoms with Gasteiger partial charge in [0.15, 0.2) is 0 Å². The highest BCUT2D eigenvalue weighted by molar-refractivity contribution is 5.74. The number of piperidine rings is 1. The normalized spacial score (nSPS) is 15.8. The predicted octanol–water partition coefficient (Wildman–Crippen LogP) is 2.64. The van der Waals surface area contributed by atoms with Gasteiger partial charge in [0.05, 0.1) is 11.6 Å². The standard InChI is InChI=1S/C15H18FN3O/c1-11-4-6-19(7-5-11)15(20)18-10-13-3-2-12(9-17)8-14(13)16/h2-3,8,11H,4-7,10H2,1H3,(H,18,20). The minimum atomic E-state index is -0.461. The maximum Gasteiger partial charge on any atom is 0.317 e. The summed E-state index contributed by atoms with van der Waals surface area (Å²) in [4.78, 5) is 13.7. The van der Waals surface area contributed by atoms with E-state index in [2.05, 4.69) is 12.2 Å². The van der Waals surface area contributed by atoms with Gasteiger partial charge >= 0.3 is 6.03 Å². The molecule has 0 aromatic heterocycles. The van der Waals surface area contributed by atoms with Crippen molar-refractivity contribution in [1.29, 1.82) is 5.26 Å². The molecule has 2 amide bonds. The van der Waals surface area contributed by atoms with Crippen molar-refractivity contribution in [3.63, 3.8) is 0 Å². The van der Waals surface area contributed by atoms with E-state index in [0.29, 0.717) is 11.5 Å². The third-order valence-corrected chi connectivity index (χ3v) is 3.68. The van der Waals surface area contributed by atoms with Crippen LogP contribution in [0.25, 0.3) is 0 Å². The van der Waals surface area contributed by atoms with Crippen LogP contribution in [0.3, 0.4) is 0 Å². The van der Waals surface area contributed by atoms with Gasteiger partial charge in [0.2, 0.25) is 0 Å². The smallest absolute Gasteiger partial charge is 0.317 e. The van der Waals surface area contributed by atoms with Crippen molar-refractivity contribution in [3.05, 3.63) is 35.1 Å². The Morgan fingerprint density at radius 3 is 2.80 bits per heavy atom. The summed E-state index contributed by atoms with van der Waals surface area (Å²) in [6.45, 7) is 3.83. The van der Waals surface area contributed by atoms with Gasteiger partial charge in [-0.3, -0.25) is 0 Å². The Labute approximate surface area is 118 Å². The van der Waals surface area contributed by atoms with Crippen molar-refractivity contribution in [2.24, 2.45) is 5.92 Å². The van der Waals surface area contributed by atoms with E-state index < -0.39 is 5.82 Å². The van der Waals surface area contributed by atoms with Crippen LogP contribution >= 0.6 is 0 Å². The van der Waals surface area contributed by atoms with E-state index in [1.165, 1.54) is 12.1 Å². The molecule has 1 aliphatic rings. The molecule has 1 aromatic rings. The van der Waals surface area contributed by atoms with Crippen molar-refractivity contribution in [1.82, 2.24) is 10.2 Å². The highest BCUT2D eigenvalue weighted by Gasteiger charge is 2.20. The van der Waals surface area contributed by atoms with Gasteiger partial charge < -0.3 is 10.2 Å². The average molecular weight is 275 g/mol. The fourth-order valence-corrected chi connectivity index (χ4v) is 2.25. The van der Waals surface area contributed by atoms with Gasteiger partial charge in [-0.15, -0.1) is 0 Å². The van der Waals surface area contributed by atoms with Crippen molar-refractivity contribution < 1.29 is 9.18 Å². The van der Waals surface area contributed by atoms with Crippen LogP contribution in [0.5, 0.6) is 0 Å². The summed E-state index contributed by atoms with van der Waals surface area (Å²) in [5, 5.41) is 11.4. The number of amides is 2. The third-order valence-electron chi connectivity index (χ3n) is 3.68. The van der Waals surface area contributed by atoms with Crippen molar-refractivity contribution in [2.75, 3.05) is 13.1 Å². The molecule has 4 nitrogen and oxygen atoms in total. The maximum absolute atomic E-state index is 13.7. The number of carbonyl (C=O) groups excluding carboxylic acids is 1. The lowest BCUT2D eigenvalue weighted by molar-refractivity contribution is 0.173. The lowest BCUT2D eigenvalue weighted by Gasteiger charge is -2.30. The molecule has 0 atom stereocenters. The molecule has 0 radical (unpaired) electrons. The van der Waals surface area contributed by atoms with E-state index in [1.807, 2.05) is 6.07 Å². The van der Waals surface area contributed by atoms with Gasteiger partial charge in [0, 0.05) is 25.2 Å². The van der Waals surface area contributed by atoms with Crippen molar-refractivity contribution in [3.8, 4) is 6.07 Å². The number of halogens is 1. The van der Waals surface area contributed by atoms with Crippen LogP contribution in [0.1, 0.15) is 30.9 Å². The lowest BCUT2D eigenvalue weighted by Crippen LogP contribution is -2.43. The molecule has 0 bridgehead atoms. The van der Waals surface area contributed by atoms with E-state index in [1.54, 1.807) is 11.0 Å². The Bertz CT molecular complexity index is 530. The Morgan fingerprint density at radius 2 is 2.20 bits per heavy atom. The molecule has 0 saturated carbocycles. The second-order valence-corrected chi connectivity index (χ2v) is 5.25. The molecule has 1 aromatic carbocycles. The van der Waals surface area contributed by atoms with Crippen LogP contribution in [0, 0.1) is 23.1 Å². The molecular formula is C15H18FN3O. The van der Waals surface area contributed by atoms with Gasteiger partial charge in [-0.05, 0) is 30.9 Å². The first kappa shape index (κ1) is 14.3. The van der Waals surface area contributed by atoms with Crippen molar-refractivity contribution in [2.45, 2.75) is 26.3 Å². The van der Waals surface area contributed by atoms with Crippen LogP contribution in [0.4, 0.5) is 9.18 Å². The van der Waals surface area contributed by atoms with E-state index >= 15 is 0 Å². The van der Waals surface area contributed by atoms with Crippen LogP contribution in [0.2, 0.25) is 0 Å². The Morgan fingerprint density at radius 1 is 1.50 bits per heavy atom. The number of urea groups is 1. The first-order chi connectivity index (χ1) is 9.60. The SMILES string of the molecule is CC1CCN(C(=O)NCc2ccc(C#N)cc2F)CC1. The maximum atomic E-state index is 13.7. The lowest BCUT2D eigenvalue weighted by atomic mass is 10.00. The zero-order valence-corrected chi connectivity index (χ0v) is 11.5. The molecule has 1 saturated heterocycles. The average Bonchev–Trinajstić information content (AvgIpc) is 2.46. The minimum Gasteiger partial charge on any atom is -0.334 e. The molecule has 0 unspecified atom stereocenters. The molecule has 5 heteroatoms. The second-order valence-electron chi connectivity index (χ2n) is 5.25. The largest absolute Gasteiger partial charge is 0.334 e. The van der Waals surface area contributed by atoms with Crippen LogP contribution in [-0.4, -0.2) is 24.0 Å². The number of nitrogens with zero attached hydrogens (tertiary/aromatic N) is 2. The quantitative estimate of drug-likeness (QED) is 0.902. The van der Waals surface area contributed by atoms with E-state index in [9.17, 15) is 9.18 Å². The van der Waals surface area contributed by atoms with Gasteiger partial charge in [-0.25, -0.2) is 9.18 Å². The number of hydrogen-bond donors (Lipinski definition) is 1. The Balaban J connectivity index is 1.89. The highest BCUT2D eigenvalue weighted by Crippen LogP contribution is 2.16. The first-order valence-corrected chi connectivity index (χ1v) is 6.81. The summed E-state index contributed by atoms with van der Waals surface area (Å²) >= 11 is 0. The minimum absolute atomic E-state index is 0.141. The monoisotopic (exact) mass is 275 g/mol. The van der Waals surface area contributed by atoms with Gasteiger partial charge in [-0.2, -0.15) is 5.26 Å². The molecule has 1 aliphatic heterocycles. The number of hydrogen-bond acceptors (Lipinski definition) is 2. The molecule has 2 rings (SSSR count). The molecular weight excluding hydrogens is 257 g/mol. The number of nitrogens with one attached hydrogen (secondary N) is 1. The van der Waals surface area contributed by atoms with Crippen LogP contribution in [0.15, 0.2) is 18.2 Å². The van der Waals surface area contributed by atoms with E-state index in [0.717, 1.165) is 25.9 Å². The molecule has 20 heavy (non-hydrogen) atoms. The fraction of sp³-hybridized carbons (Fsp3) is 0.467. The zero-order chi connectivity index (χ0) is 14.5.